The lowest BCUT2D eigenvalue weighted by Crippen LogP contribution is -2.35. The molecule has 2 unspecified atom stereocenters. The number of nitrogens with zero attached hydrogens (tertiary/aromatic N) is 4. The Balaban J connectivity index is 0.980. The summed E-state index contributed by atoms with van der Waals surface area (Å²) in [6.45, 7) is 4.92. The minimum Gasteiger partial charge on any atom is -0.473 e. The Morgan fingerprint density at radius 1 is 1.09 bits per heavy atom. The maximum Gasteiger partial charge on any atom is 0.213 e. The van der Waals surface area contributed by atoms with Crippen LogP contribution in [0.1, 0.15) is 60.7 Å². The highest BCUT2D eigenvalue weighted by Gasteiger charge is 2.41. The van der Waals surface area contributed by atoms with Gasteiger partial charge in [0, 0.05) is 54.3 Å². The zero-order chi connectivity index (χ0) is 32.3. The van der Waals surface area contributed by atoms with Gasteiger partial charge in [-0.05, 0) is 87.0 Å². The van der Waals surface area contributed by atoms with Gasteiger partial charge in [-0.1, -0.05) is 29.8 Å². The van der Waals surface area contributed by atoms with Gasteiger partial charge in [0.2, 0.25) is 5.88 Å². The highest BCUT2D eigenvalue weighted by Crippen LogP contribution is 2.42. The summed E-state index contributed by atoms with van der Waals surface area (Å²) < 4.78 is 33.3. The molecule has 0 N–H and O–H groups in total. The van der Waals surface area contributed by atoms with E-state index in [-0.39, 0.29) is 24.4 Å². The van der Waals surface area contributed by atoms with Crippen LogP contribution >= 0.6 is 11.6 Å². The highest BCUT2D eigenvalue weighted by molar-refractivity contribution is 6.30. The number of carbonyl (C=O) groups excluding carboxylic acids is 1. The molecular formula is C37H42ClFN4O4. The number of piperidine rings is 1. The van der Waals surface area contributed by atoms with Gasteiger partial charge in [0.15, 0.2) is 0 Å². The van der Waals surface area contributed by atoms with Crippen LogP contribution in [-0.2, 0) is 40.4 Å². The van der Waals surface area contributed by atoms with Crippen molar-refractivity contribution < 1.29 is 23.4 Å². The summed E-state index contributed by atoms with van der Waals surface area (Å²) in [6, 6.07) is 17.1. The van der Waals surface area contributed by atoms with Crippen molar-refractivity contribution in [3.63, 3.8) is 0 Å². The summed E-state index contributed by atoms with van der Waals surface area (Å²) >= 11 is 5.88. The van der Waals surface area contributed by atoms with Crippen LogP contribution in [0.3, 0.4) is 0 Å². The fourth-order valence-corrected chi connectivity index (χ4v) is 7.14. The van der Waals surface area contributed by atoms with Crippen molar-refractivity contribution in [3.05, 3.63) is 88.1 Å². The fourth-order valence-electron chi connectivity index (χ4n) is 6.98. The Bertz CT molecular complexity index is 1720. The lowest BCUT2D eigenvalue weighted by atomic mass is 9.93. The number of hydrogen-bond donors (Lipinski definition) is 0. The van der Waals surface area contributed by atoms with Crippen molar-refractivity contribution >= 4 is 28.4 Å². The van der Waals surface area contributed by atoms with Gasteiger partial charge in [0.1, 0.15) is 24.0 Å². The van der Waals surface area contributed by atoms with Crippen molar-refractivity contribution in [1.82, 2.24) is 19.4 Å². The van der Waals surface area contributed by atoms with Crippen molar-refractivity contribution in [2.24, 2.45) is 11.8 Å². The number of pyridine rings is 1. The number of halogens is 2. The number of ketones is 1. The molecule has 1 aliphatic carbocycles. The van der Waals surface area contributed by atoms with E-state index in [0.29, 0.717) is 47.1 Å². The van der Waals surface area contributed by atoms with Crippen molar-refractivity contribution in [2.75, 3.05) is 33.4 Å². The molecule has 248 valence electrons. The number of rotatable bonds is 14. The van der Waals surface area contributed by atoms with E-state index < -0.39 is 0 Å². The number of likely N-dealkylation sites (tertiary alicyclic amines) is 1. The normalized spacial score (nSPS) is 21.6. The Morgan fingerprint density at radius 3 is 2.70 bits per heavy atom. The zero-order valence-electron chi connectivity index (χ0n) is 26.9. The SMILES string of the molecule is COCCC(=O)C1C[C@@H]1Cc1ccc2c(c1)nc(CN1CCC(c3cccc(OCc4ccc(Cl)cc4F)n3)CC1)n2CC1CCO1. The van der Waals surface area contributed by atoms with Crippen molar-refractivity contribution in [2.45, 2.75) is 70.2 Å². The van der Waals surface area contributed by atoms with Crippen LogP contribution in [0, 0.1) is 17.7 Å². The number of aromatic nitrogens is 3. The number of Topliss-reactive ketones (excluding diaryl/α,β-unsaturated/α-hetero) is 1. The van der Waals surface area contributed by atoms with Crippen LogP contribution in [-0.4, -0.2) is 64.7 Å². The second-order valence-electron chi connectivity index (χ2n) is 13.2. The van der Waals surface area contributed by atoms with E-state index in [1.165, 1.54) is 11.6 Å². The van der Waals surface area contributed by atoms with E-state index in [0.717, 1.165) is 87.4 Å². The molecule has 3 atom stereocenters. The summed E-state index contributed by atoms with van der Waals surface area (Å²) in [4.78, 5) is 24.9. The molecule has 4 aromatic rings. The van der Waals surface area contributed by atoms with E-state index >= 15 is 0 Å². The molecule has 2 aliphatic heterocycles. The summed E-state index contributed by atoms with van der Waals surface area (Å²) in [5.74, 6) is 2.46. The van der Waals surface area contributed by atoms with E-state index in [2.05, 4.69) is 33.7 Å². The Hall–Kier alpha value is -3.37. The molecule has 3 fully saturated rings. The molecule has 1 saturated carbocycles. The number of imidazole rings is 1. The van der Waals surface area contributed by atoms with Crippen LogP contribution in [0.4, 0.5) is 4.39 Å². The summed E-state index contributed by atoms with van der Waals surface area (Å²) in [5.41, 5.74) is 4.88. The van der Waals surface area contributed by atoms with E-state index in [4.69, 9.17) is 35.8 Å². The zero-order valence-corrected chi connectivity index (χ0v) is 27.6. The molecule has 2 saturated heterocycles. The predicted molar refractivity (Wildman–Crippen MR) is 178 cm³/mol. The maximum absolute atomic E-state index is 14.2. The molecule has 7 rings (SSSR count). The highest BCUT2D eigenvalue weighted by atomic mass is 35.5. The number of ether oxygens (including phenoxy) is 3. The number of carbonyl (C=O) groups is 1. The second-order valence-corrected chi connectivity index (χ2v) is 13.7. The lowest BCUT2D eigenvalue weighted by molar-refractivity contribution is -0.121. The first kappa shape index (κ1) is 32.2. The van der Waals surface area contributed by atoms with Gasteiger partial charge in [0.25, 0.3) is 0 Å². The average Bonchev–Trinajstić information content (AvgIpc) is 3.74. The topological polar surface area (TPSA) is 78.7 Å². The standard InChI is InChI=1S/C37H42ClFN4O4/c1-45-15-12-35(44)30-19-27(30)17-24-5-8-34-33(18-24)40-36(43(34)21-29-11-16-46-29)22-42-13-9-25(10-14-42)32-3-2-4-37(41-32)47-23-26-6-7-28(38)20-31(26)39/h2-8,18,20,25,27,29-30H,9-17,19,21-23H2,1H3/t27-,29?,30?/m0/s1. The number of fused-ring (bicyclic) bond motifs is 1. The van der Waals surface area contributed by atoms with Crippen molar-refractivity contribution in [3.8, 4) is 5.88 Å². The molecular weight excluding hydrogens is 619 g/mol. The Morgan fingerprint density at radius 2 is 1.94 bits per heavy atom. The Kier molecular flexibility index (Phi) is 9.86. The van der Waals surface area contributed by atoms with Gasteiger partial charge in [-0.25, -0.2) is 14.4 Å². The van der Waals surface area contributed by atoms with Gasteiger partial charge in [-0.3, -0.25) is 9.69 Å². The first-order valence-electron chi connectivity index (χ1n) is 16.8. The molecule has 4 heterocycles. The third-order valence-corrected chi connectivity index (χ3v) is 10.2. The minimum absolute atomic E-state index is 0.0992. The number of benzene rings is 2. The smallest absolute Gasteiger partial charge is 0.213 e. The number of methoxy groups -OCH3 is 1. The predicted octanol–water partition coefficient (Wildman–Crippen LogP) is 6.76. The van der Waals surface area contributed by atoms with Crippen LogP contribution in [0.2, 0.25) is 5.02 Å². The van der Waals surface area contributed by atoms with Crippen LogP contribution < -0.4 is 4.74 Å². The molecule has 3 aliphatic rings. The van der Waals surface area contributed by atoms with Crippen LogP contribution in [0.5, 0.6) is 5.88 Å². The monoisotopic (exact) mass is 660 g/mol. The third kappa shape index (κ3) is 7.70. The van der Waals surface area contributed by atoms with Gasteiger partial charge in [0.05, 0.1) is 36.8 Å². The molecule has 10 heteroatoms. The molecule has 0 radical (unpaired) electrons. The summed E-state index contributed by atoms with van der Waals surface area (Å²) in [6.07, 6.45) is 5.69. The van der Waals surface area contributed by atoms with Crippen molar-refractivity contribution in [1.29, 1.82) is 0 Å². The average molecular weight is 661 g/mol. The lowest BCUT2D eigenvalue weighted by Gasteiger charge is -2.32. The molecule has 2 aromatic carbocycles. The van der Waals surface area contributed by atoms with E-state index in [9.17, 15) is 9.18 Å². The first-order valence-corrected chi connectivity index (χ1v) is 17.2. The summed E-state index contributed by atoms with van der Waals surface area (Å²) in [7, 11) is 1.64. The molecule has 2 aromatic heterocycles. The van der Waals surface area contributed by atoms with Gasteiger partial charge >= 0.3 is 0 Å². The summed E-state index contributed by atoms with van der Waals surface area (Å²) in [5, 5.41) is 0.364. The van der Waals surface area contributed by atoms with Gasteiger partial charge < -0.3 is 18.8 Å². The van der Waals surface area contributed by atoms with Crippen LogP contribution in [0.15, 0.2) is 54.6 Å². The number of hydrogen-bond acceptors (Lipinski definition) is 7. The molecule has 0 bridgehead atoms. The van der Waals surface area contributed by atoms with E-state index in [1.807, 2.05) is 12.1 Å². The molecule has 8 nitrogen and oxygen atoms in total. The molecule has 47 heavy (non-hydrogen) atoms. The third-order valence-electron chi connectivity index (χ3n) is 9.96. The second kappa shape index (κ2) is 14.4. The first-order chi connectivity index (χ1) is 22.9. The fraction of sp³-hybridized carbons (Fsp3) is 0.486. The molecule has 0 amide bonds. The minimum atomic E-state index is -0.381. The van der Waals surface area contributed by atoms with Crippen LogP contribution in [0.25, 0.3) is 11.0 Å². The van der Waals surface area contributed by atoms with Gasteiger partial charge in [-0.2, -0.15) is 0 Å². The quantitative estimate of drug-likeness (QED) is 0.148. The maximum atomic E-state index is 14.2. The van der Waals surface area contributed by atoms with Gasteiger partial charge in [-0.15, -0.1) is 0 Å². The Labute approximate surface area is 280 Å². The largest absolute Gasteiger partial charge is 0.473 e. The van der Waals surface area contributed by atoms with E-state index in [1.54, 1.807) is 19.2 Å². The molecule has 0 spiro atoms.